The molecule has 1 saturated heterocycles. The van der Waals surface area contributed by atoms with Crippen LogP contribution in [-0.2, 0) is 9.47 Å². The molecule has 0 radical (unpaired) electrons. The molecule has 0 bridgehead atoms. The van der Waals surface area contributed by atoms with Gasteiger partial charge in [-0.05, 0) is 30.9 Å². The molecule has 5 nitrogen and oxygen atoms in total. The summed E-state index contributed by atoms with van der Waals surface area (Å²) >= 11 is 6.21. The molecule has 120 valence electrons. The second kappa shape index (κ2) is 6.86. The van der Waals surface area contributed by atoms with E-state index in [-0.39, 0.29) is 18.1 Å². The van der Waals surface area contributed by atoms with E-state index in [0.717, 1.165) is 0 Å². The van der Waals surface area contributed by atoms with Gasteiger partial charge in [-0.25, -0.2) is 0 Å². The van der Waals surface area contributed by atoms with E-state index in [1.807, 2.05) is 0 Å². The summed E-state index contributed by atoms with van der Waals surface area (Å²) in [4.78, 5) is 12.6. The molecule has 1 aliphatic carbocycles. The van der Waals surface area contributed by atoms with Crippen molar-refractivity contribution in [2.24, 2.45) is 5.92 Å². The molecule has 2 fully saturated rings. The van der Waals surface area contributed by atoms with Crippen LogP contribution in [0.5, 0.6) is 5.75 Å². The van der Waals surface area contributed by atoms with Crippen molar-refractivity contribution in [3.05, 3.63) is 28.8 Å². The molecule has 1 heterocycles. The maximum Gasteiger partial charge on any atom is 0.256 e. The van der Waals surface area contributed by atoms with E-state index >= 15 is 0 Å². The van der Waals surface area contributed by atoms with E-state index in [0.29, 0.717) is 42.1 Å². The first-order valence-corrected chi connectivity index (χ1v) is 7.89. The number of carbonyl (C=O) groups is 1. The lowest BCUT2D eigenvalue weighted by Gasteiger charge is -2.19. The van der Waals surface area contributed by atoms with Gasteiger partial charge in [0.15, 0.2) is 0 Å². The van der Waals surface area contributed by atoms with Crippen molar-refractivity contribution >= 4 is 17.5 Å². The SMILES string of the molecule is CO[C@@H]1COC[C@@H]1NC(=O)c1c(Cl)cccc1OCC1CC1. The monoisotopic (exact) mass is 325 g/mol. The fourth-order valence-electron chi connectivity index (χ4n) is 2.48. The van der Waals surface area contributed by atoms with Gasteiger partial charge in [0.1, 0.15) is 11.9 Å². The number of ether oxygens (including phenoxy) is 3. The lowest BCUT2D eigenvalue weighted by atomic mass is 10.1. The van der Waals surface area contributed by atoms with Crippen LogP contribution in [0.4, 0.5) is 0 Å². The molecule has 1 aliphatic heterocycles. The summed E-state index contributed by atoms with van der Waals surface area (Å²) in [7, 11) is 1.61. The number of nitrogens with one attached hydrogen (secondary N) is 1. The topological polar surface area (TPSA) is 56.8 Å². The molecule has 1 aromatic rings. The van der Waals surface area contributed by atoms with E-state index in [1.54, 1.807) is 25.3 Å². The van der Waals surface area contributed by atoms with Gasteiger partial charge >= 0.3 is 0 Å². The molecule has 1 saturated carbocycles. The minimum absolute atomic E-state index is 0.137. The highest BCUT2D eigenvalue weighted by atomic mass is 35.5. The lowest BCUT2D eigenvalue weighted by Crippen LogP contribution is -2.43. The summed E-state index contributed by atoms with van der Waals surface area (Å²) in [6, 6.07) is 5.09. The van der Waals surface area contributed by atoms with Crippen LogP contribution in [-0.4, -0.2) is 45.0 Å². The van der Waals surface area contributed by atoms with E-state index < -0.39 is 0 Å². The van der Waals surface area contributed by atoms with Crippen molar-refractivity contribution < 1.29 is 19.0 Å². The Kier molecular flexibility index (Phi) is 4.86. The van der Waals surface area contributed by atoms with Crippen LogP contribution in [0, 0.1) is 5.92 Å². The molecule has 1 amide bonds. The van der Waals surface area contributed by atoms with Crippen LogP contribution in [0.3, 0.4) is 0 Å². The molecule has 0 aromatic heterocycles. The molecule has 0 unspecified atom stereocenters. The largest absolute Gasteiger partial charge is 0.492 e. The second-order valence-corrected chi connectivity index (χ2v) is 6.17. The van der Waals surface area contributed by atoms with Gasteiger partial charge in [0, 0.05) is 7.11 Å². The number of methoxy groups -OCH3 is 1. The van der Waals surface area contributed by atoms with Gasteiger partial charge < -0.3 is 19.5 Å². The van der Waals surface area contributed by atoms with Gasteiger partial charge in [-0.3, -0.25) is 4.79 Å². The number of halogens is 1. The van der Waals surface area contributed by atoms with Gasteiger partial charge in [0.25, 0.3) is 5.91 Å². The summed E-state index contributed by atoms with van der Waals surface area (Å²) in [5.74, 6) is 0.884. The zero-order chi connectivity index (χ0) is 15.5. The standard InChI is InChI=1S/C16H20ClNO4/c1-20-14-9-21-8-12(14)18-16(19)15-11(17)3-2-4-13(15)22-7-10-5-6-10/h2-4,10,12,14H,5-9H2,1H3,(H,18,19)/t12-,14+/m0/s1. The van der Waals surface area contributed by atoms with Gasteiger partial charge in [-0.1, -0.05) is 17.7 Å². The van der Waals surface area contributed by atoms with Crippen molar-refractivity contribution in [2.75, 3.05) is 26.9 Å². The summed E-state index contributed by atoms with van der Waals surface area (Å²) < 4.78 is 16.4. The Bertz CT molecular complexity index is 547. The van der Waals surface area contributed by atoms with E-state index in [2.05, 4.69) is 5.32 Å². The smallest absolute Gasteiger partial charge is 0.256 e. The number of hydrogen-bond donors (Lipinski definition) is 1. The fraction of sp³-hybridized carbons (Fsp3) is 0.562. The molecule has 3 rings (SSSR count). The molecule has 0 spiro atoms. The number of amides is 1. The van der Waals surface area contributed by atoms with Gasteiger partial charge in [-0.15, -0.1) is 0 Å². The molecule has 2 aliphatic rings. The quantitative estimate of drug-likeness (QED) is 0.871. The first-order chi connectivity index (χ1) is 10.7. The average Bonchev–Trinajstić information content (AvgIpc) is 3.23. The average molecular weight is 326 g/mol. The van der Waals surface area contributed by atoms with E-state index in [9.17, 15) is 4.79 Å². The summed E-state index contributed by atoms with van der Waals surface area (Å²) in [5, 5.41) is 3.31. The normalized spacial score (nSPS) is 24.3. The van der Waals surface area contributed by atoms with Gasteiger partial charge in [0.05, 0.1) is 36.4 Å². The van der Waals surface area contributed by atoms with Crippen LogP contribution < -0.4 is 10.1 Å². The van der Waals surface area contributed by atoms with Crippen LogP contribution >= 0.6 is 11.6 Å². The third-order valence-electron chi connectivity index (χ3n) is 4.02. The fourth-order valence-corrected chi connectivity index (χ4v) is 2.73. The first kappa shape index (κ1) is 15.6. The highest BCUT2D eigenvalue weighted by molar-refractivity contribution is 6.34. The molecule has 2 atom stereocenters. The maximum atomic E-state index is 12.6. The zero-order valence-corrected chi connectivity index (χ0v) is 13.3. The Hall–Kier alpha value is -1.30. The molecule has 1 aromatic carbocycles. The van der Waals surface area contributed by atoms with Crippen LogP contribution in [0.25, 0.3) is 0 Å². The highest BCUT2D eigenvalue weighted by Gasteiger charge is 2.31. The maximum absolute atomic E-state index is 12.6. The number of benzene rings is 1. The predicted molar refractivity (Wildman–Crippen MR) is 82.5 cm³/mol. The van der Waals surface area contributed by atoms with Gasteiger partial charge in [0.2, 0.25) is 0 Å². The number of hydrogen-bond acceptors (Lipinski definition) is 4. The Morgan fingerprint density at radius 1 is 1.41 bits per heavy atom. The van der Waals surface area contributed by atoms with Crippen molar-refractivity contribution in [2.45, 2.75) is 25.0 Å². The van der Waals surface area contributed by atoms with Crippen LogP contribution in [0.15, 0.2) is 18.2 Å². The first-order valence-electron chi connectivity index (χ1n) is 7.51. The summed E-state index contributed by atoms with van der Waals surface area (Å²) in [6.07, 6.45) is 2.25. The van der Waals surface area contributed by atoms with Crippen molar-refractivity contribution in [1.29, 1.82) is 0 Å². The van der Waals surface area contributed by atoms with Crippen LogP contribution in [0.1, 0.15) is 23.2 Å². The Labute approximate surface area is 134 Å². The minimum atomic E-state index is -0.256. The Morgan fingerprint density at radius 3 is 2.95 bits per heavy atom. The van der Waals surface area contributed by atoms with Crippen molar-refractivity contribution in [3.63, 3.8) is 0 Å². The third kappa shape index (κ3) is 3.54. The molecular weight excluding hydrogens is 306 g/mol. The van der Waals surface area contributed by atoms with Gasteiger partial charge in [-0.2, -0.15) is 0 Å². The molecule has 6 heteroatoms. The Balaban J connectivity index is 1.72. The zero-order valence-electron chi connectivity index (χ0n) is 12.5. The Morgan fingerprint density at radius 2 is 2.23 bits per heavy atom. The molecule has 1 N–H and O–H groups in total. The number of rotatable bonds is 6. The second-order valence-electron chi connectivity index (χ2n) is 5.76. The number of carbonyl (C=O) groups excluding carboxylic acids is 1. The van der Waals surface area contributed by atoms with Crippen molar-refractivity contribution in [1.82, 2.24) is 5.32 Å². The summed E-state index contributed by atoms with van der Waals surface area (Å²) in [6.45, 7) is 1.55. The summed E-state index contributed by atoms with van der Waals surface area (Å²) in [5.41, 5.74) is 0.381. The molecular formula is C16H20ClNO4. The van der Waals surface area contributed by atoms with E-state index in [1.165, 1.54) is 12.8 Å². The highest BCUT2D eigenvalue weighted by Crippen LogP contribution is 2.32. The third-order valence-corrected chi connectivity index (χ3v) is 4.34. The van der Waals surface area contributed by atoms with Crippen molar-refractivity contribution in [3.8, 4) is 5.75 Å². The van der Waals surface area contributed by atoms with E-state index in [4.69, 9.17) is 25.8 Å². The van der Waals surface area contributed by atoms with Crippen LogP contribution in [0.2, 0.25) is 5.02 Å². The predicted octanol–water partition coefficient (Wildman–Crippen LogP) is 2.27. The lowest BCUT2D eigenvalue weighted by molar-refractivity contribution is 0.0684. The molecule has 22 heavy (non-hydrogen) atoms. The minimum Gasteiger partial charge on any atom is -0.492 e.